The van der Waals surface area contributed by atoms with Gasteiger partial charge in [-0.05, 0) is 29.7 Å². The van der Waals surface area contributed by atoms with Crippen LogP contribution in [0.25, 0.3) is 10.8 Å². The maximum Gasteiger partial charge on any atom is 0.329 e. The third-order valence-corrected chi connectivity index (χ3v) is 5.28. The minimum Gasteiger partial charge on any atom is -0.480 e. The minimum absolute atomic E-state index is 0.0125. The number of benzene rings is 2. The maximum atomic E-state index is 12.1. The monoisotopic (exact) mass is 463 g/mol. The molecule has 2 aromatic rings. The Kier molecular flexibility index (Phi) is 7.46. The standard InChI is InChI=1S/C16H17NO11S2/c18-15(8-27-3-4-28-9-16(19)20)17-14-7-12(30(24,25)26)6-10-5-11(29(21,22)23)1-2-13(10)14/h1-2,5-7H,3-4,8-9H2,(H,17,18)(H,19,20)(H,21,22,23)(H,24,25,26). The van der Waals surface area contributed by atoms with Gasteiger partial charge in [-0.2, -0.15) is 16.8 Å². The molecule has 0 unspecified atom stereocenters. The number of carbonyl (C=O) groups excluding carboxylic acids is 1. The molecule has 0 heterocycles. The number of fused-ring (bicyclic) bond motifs is 1. The molecule has 0 fully saturated rings. The van der Waals surface area contributed by atoms with Crippen LogP contribution >= 0.6 is 0 Å². The third-order valence-electron chi connectivity index (χ3n) is 3.60. The van der Waals surface area contributed by atoms with E-state index in [9.17, 15) is 31.0 Å². The fraction of sp³-hybridized carbons (Fsp3) is 0.250. The van der Waals surface area contributed by atoms with Gasteiger partial charge < -0.3 is 19.9 Å². The van der Waals surface area contributed by atoms with Crippen molar-refractivity contribution in [3.63, 3.8) is 0 Å². The van der Waals surface area contributed by atoms with E-state index in [1.165, 1.54) is 6.07 Å². The highest BCUT2D eigenvalue weighted by Gasteiger charge is 2.17. The lowest BCUT2D eigenvalue weighted by molar-refractivity contribution is -0.143. The molecule has 0 aliphatic carbocycles. The lowest BCUT2D eigenvalue weighted by Gasteiger charge is -2.12. The second-order valence-corrected chi connectivity index (χ2v) is 8.69. The lowest BCUT2D eigenvalue weighted by Crippen LogP contribution is -2.20. The summed E-state index contributed by atoms with van der Waals surface area (Å²) in [5.74, 6) is -1.86. The van der Waals surface area contributed by atoms with Crippen LogP contribution in [-0.2, 0) is 39.3 Å². The molecule has 0 radical (unpaired) electrons. The van der Waals surface area contributed by atoms with Crippen LogP contribution in [0.15, 0.2) is 40.1 Å². The molecule has 0 bridgehead atoms. The molecule has 0 aliphatic rings. The van der Waals surface area contributed by atoms with Gasteiger partial charge in [-0.3, -0.25) is 13.9 Å². The molecule has 14 heteroatoms. The Morgan fingerprint density at radius 2 is 1.43 bits per heavy atom. The first-order valence-corrected chi connectivity index (χ1v) is 11.0. The van der Waals surface area contributed by atoms with Gasteiger partial charge in [-0.25, -0.2) is 4.79 Å². The molecule has 2 rings (SSSR count). The van der Waals surface area contributed by atoms with Gasteiger partial charge in [0.1, 0.15) is 13.2 Å². The molecule has 0 spiro atoms. The normalized spacial score (nSPS) is 12.1. The summed E-state index contributed by atoms with van der Waals surface area (Å²) >= 11 is 0. The minimum atomic E-state index is -4.69. The second kappa shape index (κ2) is 9.46. The summed E-state index contributed by atoms with van der Waals surface area (Å²) < 4.78 is 73.8. The van der Waals surface area contributed by atoms with Crippen molar-refractivity contribution >= 4 is 48.6 Å². The first-order chi connectivity index (χ1) is 13.9. The van der Waals surface area contributed by atoms with Crippen LogP contribution in [0, 0.1) is 0 Å². The third kappa shape index (κ3) is 6.72. The van der Waals surface area contributed by atoms with E-state index in [0.29, 0.717) is 0 Å². The zero-order chi connectivity index (χ0) is 22.5. The molecule has 4 N–H and O–H groups in total. The summed E-state index contributed by atoms with van der Waals surface area (Å²) in [6.45, 7) is -1.14. The summed E-state index contributed by atoms with van der Waals surface area (Å²) in [6, 6.07) is 5.22. The van der Waals surface area contributed by atoms with Crippen molar-refractivity contribution in [1.82, 2.24) is 0 Å². The van der Waals surface area contributed by atoms with Crippen molar-refractivity contribution in [2.24, 2.45) is 0 Å². The van der Waals surface area contributed by atoms with Crippen molar-refractivity contribution in [1.29, 1.82) is 0 Å². The molecule has 164 valence electrons. The number of aliphatic carboxylic acids is 1. The highest BCUT2D eigenvalue weighted by atomic mass is 32.2. The van der Waals surface area contributed by atoms with E-state index in [4.69, 9.17) is 19.1 Å². The van der Waals surface area contributed by atoms with E-state index in [1.54, 1.807) is 0 Å². The van der Waals surface area contributed by atoms with Crippen LogP contribution in [0.3, 0.4) is 0 Å². The zero-order valence-corrected chi connectivity index (χ0v) is 16.8. The average molecular weight is 463 g/mol. The summed E-state index contributed by atoms with van der Waals surface area (Å²) in [5.41, 5.74) is -0.0576. The number of hydrogen-bond acceptors (Lipinski definition) is 8. The van der Waals surface area contributed by atoms with E-state index >= 15 is 0 Å². The average Bonchev–Trinajstić information content (AvgIpc) is 2.62. The van der Waals surface area contributed by atoms with Gasteiger partial charge in [0.15, 0.2) is 0 Å². The van der Waals surface area contributed by atoms with Gasteiger partial charge in [-0.15, -0.1) is 0 Å². The van der Waals surface area contributed by atoms with E-state index in [1.807, 2.05) is 0 Å². The molecule has 0 saturated carbocycles. The number of carboxylic acids is 1. The Balaban J connectivity index is 2.22. The van der Waals surface area contributed by atoms with E-state index < -0.39 is 55.1 Å². The van der Waals surface area contributed by atoms with Crippen LogP contribution < -0.4 is 5.32 Å². The molecule has 0 saturated heterocycles. The molecular weight excluding hydrogens is 446 g/mol. The first kappa shape index (κ1) is 23.7. The molecule has 30 heavy (non-hydrogen) atoms. The van der Waals surface area contributed by atoms with E-state index in [-0.39, 0.29) is 29.7 Å². The molecular formula is C16H17NO11S2. The van der Waals surface area contributed by atoms with Gasteiger partial charge in [0.05, 0.1) is 28.7 Å². The van der Waals surface area contributed by atoms with E-state index in [2.05, 4.69) is 5.32 Å². The number of hydrogen-bond donors (Lipinski definition) is 4. The summed E-state index contributed by atoms with van der Waals surface area (Å²) in [4.78, 5) is 21.2. The quantitative estimate of drug-likeness (QED) is 0.281. The summed E-state index contributed by atoms with van der Waals surface area (Å²) in [7, 11) is -9.27. The van der Waals surface area contributed by atoms with Gasteiger partial charge >= 0.3 is 5.97 Å². The molecule has 0 aromatic heterocycles. The Bertz CT molecular complexity index is 1170. The van der Waals surface area contributed by atoms with Crippen molar-refractivity contribution in [2.75, 3.05) is 31.7 Å². The fourth-order valence-corrected chi connectivity index (χ4v) is 3.42. The van der Waals surface area contributed by atoms with Gasteiger partial charge in [0, 0.05) is 5.39 Å². The number of amides is 1. The number of carbonyl (C=O) groups is 2. The Labute approximate surface area is 170 Å². The molecule has 1 amide bonds. The second-order valence-electron chi connectivity index (χ2n) is 5.85. The van der Waals surface area contributed by atoms with Gasteiger partial charge in [0.25, 0.3) is 20.2 Å². The molecule has 12 nitrogen and oxygen atoms in total. The summed E-state index contributed by atoms with van der Waals surface area (Å²) in [6.07, 6.45) is 0. The predicted octanol–water partition coefficient (Wildman–Crippen LogP) is 0.390. The van der Waals surface area contributed by atoms with Crippen LogP contribution in [0.2, 0.25) is 0 Å². The van der Waals surface area contributed by atoms with E-state index in [0.717, 1.165) is 24.3 Å². The number of nitrogens with one attached hydrogen (secondary N) is 1. The van der Waals surface area contributed by atoms with Crippen LogP contribution in [-0.4, -0.2) is 69.4 Å². The number of rotatable bonds is 10. The molecule has 2 aromatic carbocycles. The Morgan fingerprint density at radius 3 is 2.00 bits per heavy atom. The van der Waals surface area contributed by atoms with Crippen LogP contribution in [0.1, 0.15) is 0 Å². The van der Waals surface area contributed by atoms with Crippen molar-refractivity contribution in [2.45, 2.75) is 9.79 Å². The topological polar surface area (TPSA) is 194 Å². The van der Waals surface area contributed by atoms with Crippen molar-refractivity contribution in [3.8, 4) is 0 Å². The number of ether oxygens (including phenoxy) is 2. The van der Waals surface area contributed by atoms with Gasteiger partial charge in [0.2, 0.25) is 5.91 Å². The van der Waals surface area contributed by atoms with Crippen molar-refractivity contribution < 1.29 is 50.1 Å². The predicted molar refractivity (Wildman–Crippen MR) is 101 cm³/mol. The fourth-order valence-electron chi connectivity index (χ4n) is 2.36. The largest absolute Gasteiger partial charge is 0.480 e. The highest BCUT2D eigenvalue weighted by Crippen LogP contribution is 2.29. The Morgan fingerprint density at radius 1 is 0.867 bits per heavy atom. The first-order valence-electron chi connectivity index (χ1n) is 8.08. The number of carboxylic acid groups (broad SMARTS) is 1. The van der Waals surface area contributed by atoms with Crippen LogP contribution in [0.5, 0.6) is 0 Å². The highest BCUT2D eigenvalue weighted by molar-refractivity contribution is 7.86. The van der Waals surface area contributed by atoms with Crippen molar-refractivity contribution in [3.05, 3.63) is 30.3 Å². The summed E-state index contributed by atoms with van der Waals surface area (Å²) in [5, 5.41) is 11.0. The Hall–Kier alpha value is -2.62. The maximum absolute atomic E-state index is 12.1. The SMILES string of the molecule is O=C(O)COCCOCC(=O)Nc1cc(S(=O)(=O)O)cc2cc(S(=O)(=O)O)ccc12. The smallest absolute Gasteiger partial charge is 0.329 e. The number of anilines is 1. The zero-order valence-electron chi connectivity index (χ0n) is 15.1. The lowest BCUT2D eigenvalue weighted by atomic mass is 10.1. The van der Waals surface area contributed by atoms with Crippen LogP contribution in [0.4, 0.5) is 5.69 Å². The molecule has 0 aliphatic heterocycles. The van der Waals surface area contributed by atoms with Gasteiger partial charge in [-0.1, -0.05) is 6.07 Å². The molecule has 0 atom stereocenters.